The molecule has 1 aliphatic heterocycles. The minimum Gasteiger partial charge on any atom is -0.395 e. The van der Waals surface area contributed by atoms with Crippen molar-refractivity contribution < 1.29 is 41.0 Å². The summed E-state index contributed by atoms with van der Waals surface area (Å²) in [6, 6.07) is -0.0135. The van der Waals surface area contributed by atoms with E-state index in [-0.39, 0.29) is 12.2 Å². The van der Waals surface area contributed by atoms with Crippen LogP contribution in [-0.4, -0.2) is 66.8 Å². The molecule has 3 amide bonds. The molecule has 1 aliphatic rings. The predicted molar refractivity (Wildman–Crippen MR) is 89.5 cm³/mol. The van der Waals surface area contributed by atoms with Gasteiger partial charge in [-0.2, -0.15) is 26.3 Å². The summed E-state index contributed by atoms with van der Waals surface area (Å²) in [6.45, 7) is -0.694. The molecule has 2 aromatic rings. The van der Waals surface area contributed by atoms with Crippen molar-refractivity contribution >= 4 is 18.1 Å². The fourth-order valence-electron chi connectivity index (χ4n) is 2.64. The van der Waals surface area contributed by atoms with E-state index in [1.165, 1.54) is 7.05 Å². The number of pyridine rings is 1. The van der Waals surface area contributed by atoms with Gasteiger partial charge in [-0.05, 0) is 12.1 Å². The summed E-state index contributed by atoms with van der Waals surface area (Å²) in [7, 11) is 1.19. The Morgan fingerprint density at radius 3 is 2.16 bits per heavy atom. The van der Waals surface area contributed by atoms with E-state index in [0.29, 0.717) is 12.1 Å². The van der Waals surface area contributed by atoms with E-state index in [1.807, 2.05) is 0 Å². The van der Waals surface area contributed by atoms with Gasteiger partial charge < -0.3 is 5.11 Å². The molecule has 0 spiro atoms. The minimum atomic E-state index is -5.15. The SMILES string of the molecule is CN1C(=O)C(=Cn2cnc(-c3cc(C(F)(F)F)nc(C(F)(F)F)c3)n2)N(CCO)C1=O. The molecule has 2 aromatic heterocycles. The van der Waals surface area contributed by atoms with Crippen molar-refractivity contribution in [1.29, 1.82) is 0 Å². The van der Waals surface area contributed by atoms with Crippen LogP contribution in [0.2, 0.25) is 0 Å². The second kappa shape index (κ2) is 7.64. The molecule has 15 heteroatoms. The van der Waals surface area contributed by atoms with E-state index in [1.54, 1.807) is 0 Å². The highest BCUT2D eigenvalue weighted by Gasteiger charge is 2.40. The zero-order valence-corrected chi connectivity index (χ0v) is 15.4. The van der Waals surface area contributed by atoms with E-state index < -0.39 is 53.7 Å². The maximum absolute atomic E-state index is 13.0. The van der Waals surface area contributed by atoms with Crippen molar-refractivity contribution in [1.82, 2.24) is 29.5 Å². The number of hydrogen-bond acceptors (Lipinski definition) is 6. The number of halogens is 6. The molecule has 9 nitrogen and oxygen atoms in total. The normalized spacial score (nSPS) is 16.7. The van der Waals surface area contributed by atoms with Gasteiger partial charge in [0.25, 0.3) is 5.91 Å². The van der Waals surface area contributed by atoms with Crippen LogP contribution in [0.1, 0.15) is 11.4 Å². The van der Waals surface area contributed by atoms with Gasteiger partial charge in [0.2, 0.25) is 0 Å². The number of aromatic nitrogens is 4. The number of likely N-dealkylation sites (N-methyl/N-ethyl adjacent to an activating group) is 1. The second-order valence-corrected chi connectivity index (χ2v) is 6.21. The number of aliphatic hydroxyl groups is 1. The minimum absolute atomic E-state index is 0.223. The Kier molecular flexibility index (Phi) is 5.47. The summed E-state index contributed by atoms with van der Waals surface area (Å²) in [5.41, 5.74) is -4.39. The average molecular weight is 450 g/mol. The van der Waals surface area contributed by atoms with Gasteiger partial charge in [-0.3, -0.25) is 14.6 Å². The van der Waals surface area contributed by atoms with Gasteiger partial charge >= 0.3 is 18.4 Å². The molecule has 3 rings (SSSR count). The van der Waals surface area contributed by atoms with Crippen LogP contribution in [0.15, 0.2) is 24.2 Å². The van der Waals surface area contributed by atoms with E-state index in [4.69, 9.17) is 5.11 Å². The van der Waals surface area contributed by atoms with Crippen LogP contribution in [0.4, 0.5) is 31.1 Å². The highest BCUT2D eigenvalue weighted by atomic mass is 19.4. The maximum atomic E-state index is 13.0. The smallest absolute Gasteiger partial charge is 0.395 e. The summed E-state index contributed by atoms with van der Waals surface area (Å²) in [5.74, 6) is -1.26. The Morgan fingerprint density at radius 1 is 1.06 bits per heavy atom. The molecule has 0 aliphatic carbocycles. The molecular weight excluding hydrogens is 438 g/mol. The van der Waals surface area contributed by atoms with Gasteiger partial charge in [0.05, 0.1) is 19.4 Å². The Labute approximate surface area is 169 Å². The molecule has 1 N–H and O–H groups in total. The monoisotopic (exact) mass is 450 g/mol. The van der Waals surface area contributed by atoms with Crippen molar-refractivity contribution in [3.05, 3.63) is 35.5 Å². The highest BCUT2D eigenvalue weighted by molar-refractivity contribution is 6.12. The largest absolute Gasteiger partial charge is 0.433 e. The fraction of sp³-hybridized carbons (Fsp3) is 0.312. The molecule has 0 radical (unpaired) electrons. The van der Waals surface area contributed by atoms with Crippen LogP contribution < -0.4 is 0 Å². The van der Waals surface area contributed by atoms with Gasteiger partial charge in [0.15, 0.2) is 5.82 Å². The first kappa shape index (κ1) is 22.2. The Hall–Kier alpha value is -3.49. The van der Waals surface area contributed by atoms with Gasteiger partial charge in [-0.25, -0.2) is 19.4 Å². The number of rotatable bonds is 4. The van der Waals surface area contributed by atoms with E-state index in [0.717, 1.165) is 27.0 Å². The first-order chi connectivity index (χ1) is 14.3. The molecular formula is C16H12F6N6O3. The number of hydrogen-bond donors (Lipinski definition) is 1. The number of nitrogens with zero attached hydrogens (tertiary/aromatic N) is 6. The van der Waals surface area contributed by atoms with Crippen molar-refractivity contribution in [3.8, 4) is 11.4 Å². The van der Waals surface area contributed by atoms with Crippen LogP contribution in [0, 0.1) is 0 Å². The van der Waals surface area contributed by atoms with Gasteiger partial charge in [-0.1, -0.05) is 0 Å². The first-order valence-electron chi connectivity index (χ1n) is 8.33. The van der Waals surface area contributed by atoms with Crippen molar-refractivity contribution in [2.75, 3.05) is 20.2 Å². The van der Waals surface area contributed by atoms with Crippen LogP contribution >= 0.6 is 0 Å². The Bertz CT molecular complexity index is 1030. The van der Waals surface area contributed by atoms with Crippen LogP contribution in [0.25, 0.3) is 17.6 Å². The third-order valence-corrected chi connectivity index (χ3v) is 4.08. The third kappa shape index (κ3) is 4.35. The van der Waals surface area contributed by atoms with E-state index >= 15 is 0 Å². The molecule has 0 unspecified atom stereocenters. The molecule has 0 saturated carbocycles. The lowest BCUT2D eigenvalue weighted by atomic mass is 10.1. The lowest BCUT2D eigenvalue weighted by Crippen LogP contribution is -2.31. The molecule has 3 heterocycles. The number of β-amino-alcohol motifs (C(OH)–C–C–N with tert-alkyl or cyclic N) is 1. The number of carbonyl (C=O) groups excluding carboxylic acids is 2. The summed E-state index contributed by atoms with van der Waals surface area (Å²) in [4.78, 5) is 32.2. The number of alkyl halides is 6. The summed E-state index contributed by atoms with van der Waals surface area (Å²) in [6.07, 6.45) is -8.36. The zero-order chi connectivity index (χ0) is 23.1. The van der Waals surface area contributed by atoms with Crippen molar-refractivity contribution in [3.63, 3.8) is 0 Å². The average Bonchev–Trinajstić information content (AvgIpc) is 3.22. The lowest BCUT2D eigenvalue weighted by molar-refractivity contribution is -0.150. The number of aliphatic hydroxyl groups excluding tert-OH is 1. The van der Waals surface area contributed by atoms with Gasteiger partial charge in [-0.15, -0.1) is 5.10 Å². The van der Waals surface area contributed by atoms with Gasteiger partial charge in [0, 0.05) is 12.6 Å². The molecule has 166 valence electrons. The maximum Gasteiger partial charge on any atom is 0.433 e. The van der Waals surface area contributed by atoms with E-state index in [2.05, 4.69) is 15.1 Å². The Balaban J connectivity index is 2.03. The first-order valence-corrected chi connectivity index (χ1v) is 8.33. The summed E-state index contributed by atoms with van der Waals surface area (Å²) >= 11 is 0. The molecule has 0 bridgehead atoms. The second-order valence-electron chi connectivity index (χ2n) is 6.21. The quantitative estimate of drug-likeness (QED) is 0.435. The molecule has 0 aromatic carbocycles. The highest BCUT2D eigenvalue weighted by Crippen LogP contribution is 2.35. The molecule has 1 saturated heterocycles. The van der Waals surface area contributed by atoms with E-state index in [9.17, 15) is 35.9 Å². The predicted octanol–water partition coefficient (Wildman–Crippen LogP) is 2.06. The number of imide groups is 1. The standard InChI is InChI=1S/C16H12F6N6O3/c1-26-13(30)9(28(2-3-29)14(26)31)6-27-7-23-12(25-27)8-4-10(15(17,18)19)24-11(5-8)16(20,21)22/h4-7,29H,2-3H2,1H3. The van der Waals surface area contributed by atoms with Crippen LogP contribution in [-0.2, 0) is 17.1 Å². The zero-order valence-electron chi connectivity index (χ0n) is 15.4. The number of urea groups is 1. The molecule has 31 heavy (non-hydrogen) atoms. The molecule has 1 fully saturated rings. The summed E-state index contributed by atoms with van der Waals surface area (Å²) < 4.78 is 78.7. The Morgan fingerprint density at radius 2 is 1.65 bits per heavy atom. The van der Waals surface area contributed by atoms with Gasteiger partial charge in [0.1, 0.15) is 23.4 Å². The summed E-state index contributed by atoms with van der Waals surface area (Å²) in [5, 5.41) is 12.8. The molecule has 0 atom stereocenters. The van der Waals surface area contributed by atoms with Crippen LogP contribution in [0.3, 0.4) is 0 Å². The van der Waals surface area contributed by atoms with Crippen molar-refractivity contribution in [2.45, 2.75) is 12.4 Å². The van der Waals surface area contributed by atoms with Crippen molar-refractivity contribution in [2.24, 2.45) is 0 Å². The van der Waals surface area contributed by atoms with Crippen LogP contribution in [0.5, 0.6) is 0 Å². The lowest BCUT2D eigenvalue weighted by Gasteiger charge is -2.13. The number of amides is 3. The number of carbonyl (C=O) groups is 2. The fourth-order valence-corrected chi connectivity index (χ4v) is 2.64. The third-order valence-electron chi connectivity index (χ3n) is 4.08. The topological polar surface area (TPSA) is 104 Å².